The summed E-state index contributed by atoms with van der Waals surface area (Å²) in [6.45, 7) is 2.10. The summed E-state index contributed by atoms with van der Waals surface area (Å²) in [5.74, 6) is 0. The van der Waals surface area contributed by atoms with Gasteiger partial charge in [-0.25, -0.2) is 8.42 Å². The summed E-state index contributed by atoms with van der Waals surface area (Å²) in [5.41, 5.74) is 0.995. The van der Waals surface area contributed by atoms with Crippen molar-refractivity contribution in [2.75, 3.05) is 6.54 Å². The van der Waals surface area contributed by atoms with E-state index >= 15 is 0 Å². The molecule has 21 heavy (non-hydrogen) atoms. The Kier molecular flexibility index (Phi) is 3.80. The lowest BCUT2D eigenvalue weighted by molar-refractivity contribution is 0.0344. The topological polar surface area (TPSA) is 46.6 Å². The minimum atomic E-state index is -3.52. The van der Waals surface area contributed by atoms with Gasteiger partial charge >= 0.3 is 0 Å². The predicted molar refractivity (Wildman–Crippen MR) is 80.1 cm³/mol. The van der Waals surface area contributed by atoms with Crippen molar-refractivity contribution in [1.82, 2.24) is 4.31 Å². The molecule has 2 atom stereocenters. The molecule has 0 amide bonds. The van der Waals surface area contributed by atoms with Crippen molar-refractivity contribution in [3.05, 3.63) is 66.2 Å². The van der Waals surface area contributed by atoms with Crippen LogP contribution in [0.5, 0.6) is 0 Å². The van der Waals surface area contributed by atoms with Crippen molar-refractivity contribution < 1.29 is 13.2 Å². The highest BCUT2D eigenvalue weighted by atomic mass is 32.2. The largest absolute Gasteiger partial charge is 0.353 e. The van der Waals surface area contributed by atoms with E-state index in [1.165, 1.54) is 4.31 Å². The maximum Gasteiger partial charge on any atom is 0.245 e. The zero-order chi connectivity index (χ0) is 14.9. The van der Waals surface area contributed by atoms with E-state index in [0.717, 1.165) is 5.56 Å². The van der Waals surface area contributed by atoms with Gasteiger partial charge in [-0.3, -0.25) is 0 Å². The van der Waals surface area contributed by atoms with Crippen LogP contribution in [0.15, 0.2) is 65.6 Å². The van der Waals surface area contributed by atoms with Crippen LogP contribution in [0.25, 0.3) is 0 Å². The smallest absolute Gasteiger partial charge is 0.245 e. The Labute approximate surface area is 125 Å². The highest BCUT2D eigenvalue weighted by Crippen LogP contribution is 2.32. The average molecular weight is 303 g/mol. The quantitative estimate of drug-likeness (QED) is 0.876. The Bertz CT molecular complexity index is 701. The van der Waals surface area contributed by atoms with Crippen LogP contribution in [0.4, 0.5) is 0 Å². The summed E-state index contributed by atoms with van der Waals surface area (Å²) in [4.78, 5) is 0.300. The molecule has 1 saturated heterocycles. The van der Waals surface area contributed by atoms with Gasteiger partial charge < -0.3 is 4.74 Å². The summed E-state index contributed by atoms with van der Waals surface area (Å²) in [6, 6.07) is 18.2. The summed E-state index contributed by atoms with van der Waals surface area (Å²) in [7, 11) is -3.52. The van der Waals surface area contributed by atoms with Gasteiger partial charge in [0.2, 0.25) is 10.0 Å². The molecule has 2 aromatic carbocycles. The first-order chi connectivity index (χ1) is 10.1. The van der Waals surface area contributed by atoms with Gasteiger partial charge in [0.05, 0.1) is 11.0 Å². The van der Waals surface area contributed by atoms with Crippen LogP contribution in [0.2, 0.25) is 0 Å². The Morgan fingerprint density at radius 2 is 1.57 bits per heavy atom. The van der Waals surface area contributed by atoms with E-state index in [1.54, 1.807) is 37.3 Å². The summed E-state index contributed by atoms with van der Waals surface area (Å²) in [5, 5.41) is 0. The minimum absolute atomic E-state index is 0.223. The van der Waals surface area contributed by atoms with Gasteiger partial charge in [0.1, 0.15) is 6.23 Å². The van der Waals surface area contributed by atoms with Gasteiger partial charge in [-0.2, -0.15) is 4.31 Å². The molecule has 4 nitrogen and oxygen atoms in total. The van der Waals surface area contributed by atoms with Crippen molar-refractivity contribution in [3.8, 4) is 0 Å². The maximum atomic E-state index is 12.7. The average Bonchev–Trinajstić information content (AvgIpc) is 2.92. The molecule has 3 rings (SSSR count). The Hall–Kier alpha value is -1.69. The molecule has 1 heterocycles. The summed E-state index contributed by atoms with van der Waals surface area (Å²) >= 11 is 0. The fraction of sp³-hybridized carbons (Fsp3) is 0.250. The predicted octanol–water partition coefficient (Wildman–Crippen LogP) is 2.79. The first kappa shape index (κ1) is 14.3. The van der Waals surface area contributed by atoms with E-state index in [0.29, 0.717) is 11.4 Å². The SMILES string of the molecule is C[C@@H]1O[C@@H](c2ccccc2)CN1S(=O)(=O)c1ccccc1. The fourth-order valence-corrected chi connectivity index (χ4v) is 4.08. The van der Waals surface area contributed by atoms with Gasteiger partial charge in [0.25, 0.3) is 0 Å². The molecule has 0 aliphatic carbocycles. The van der Waals surface area contributed by atoms with E-state index in [9.17, 15) is 8.42 Å². The van der Waals surface area contributed by atoms with E-state index in [2.05, 4.69) is 0 Å². The second kappa shape index (κ2) is 5.60. The van der Waals surface area contributed by atoms with E-state index in [1.807, 2.05) is 30.3 Å². The molecule has 0 bridgehead atoms. The van der Waals surface area contributed by atoms with Crippen molar-refractivity contribution >= 4 is 10.0 Å². The molecular formula is C16H17NO3S. The monoisotopic (exact) mass is 303 g/mol. The van der Waals surface area contributed by atoms with E-state index in [4.69, 9.17) is 4.74 Å². The van der Waals surface area contributed by atoms with Crippen LogP contribution in [-0.2, 0) is 14.8 Å². The highest BCUT2D eigenvalue weighted by Gasteiger charge is 2.39. The summed E-state index contributed by atoms with van der Waals surface area (Å²) in [6.07, 6.45) is -0.694. The Morgan fingerprint density at radius 3 is 2.19 bits per heavy atom. The van der Waals surface area contributed by atoms with Crippen LogP contribution < -0.4 is 0 Å². The van der Waals surface area contributed by atoms with E-state index < -0.39 is 16.3 Å². The molecule has 5 heteroatoms. The standard InChI is InChI=1S/C16H17NO3S/c1-13-17(21(18,19)15-10-6-3-7-11-15)12-16(20-13)14-8-4-2-5-9-14/h2-11,13,16H,12H2,1H3/t13-,16+/m0/s1. The number of sulfonamides is 1. The van der Waals surface area contributed by atoms with Crippen LogP contribution in [0.1, 0.15) is 18.6 Å². The van der Waals surface area contributed by atoms with Crippen molar-refractivity contribution in [2.45, 2.75) is 24.2 Å². The molecule has 0 N–H and O–H groups in total. The lowest BCUT2D eigenvalue weighted by Crippen LogP contribution is -2.34. The van der Waals surface area contributed by atoms with Crippen LogP contribution >= 0.6 is 0 Å². The first-order valence-electron chi connectivity index (χ1n) is 6.86. The number of benzene rings is 2. The zero-order valence-electron chi connectivity index (χ0n) is 11.7. The lowest BCUT2D eigenvalue weighted by atomic mass is 10.1. The van der Waals surface area contributed by atoms with Crippen LogP contribution in [0.3, 0.4) is 0 Å². The van der Waals surface area contributed by atoms with Crippen LogP contribution in [0, 0.1) is 0 Å². The third kappa shape index (κ3) is 2.72. The van der Waals surface area contributed by atoms with Crippen LogP contribution in [-0.4, -0.2) is 25.5 Å². The number of hydrogen-bond acceptors (Lipinski definition) is 3. The summed E-state index contributed by atoms with van der Waals surface area (Å²) < 4.78 is 32.6. The lowest BCUT2D eigenvalue weighted by Gasteiger charge is -2.18. The number of rotatable bonds is 3. The first-order valence-corrected chi connectivity index (χ1v) is 8.30. The molecule has 110 valence electrons. The van der Waals surface area contributed by atoms with Gasteiger partial charge in [-0.1, -0.05) is 48.5 Å². The molecule has 0 radical (unpaired) electrons. The van der Waals surface area contributed by atoms with Crippen molar-refractivity contribution in [1.29, 1.82) is 0 Å². The molecule has 0 unspecified atom stereocenters. The Morgan fingerprint density at radius 1 is 1.00 bits per heavy atom. The third-order valence-electron chi connectivity index (χ3n) is 3.63. The molecule has 1 aliphatic rings. The number of nitrogens with zero attached hydrogens (tertiary/aromatic N) is 1. The number of ether oxygens (including phenoxy) is 1. The highest BCUT2D eigenvalue weighted by molar-refractivity contribution is 7.89. The molecule has 1 aliphatic heterocycles. The zero-order valence-corrected chi connectivity index (χ0v) is 12.5. The second-order valence-electron chi connectivity index (χ2n) is 5.02. The third-order valence-corrected chi connectivity index (χ3v) is 5.56. The molecule has 2 aromatic rings. The van der Waals surface area contributed by atoms with Crippen molar-refractivity contribution in [3.63, 3.8) is 0 Å². The second-order valence-corrected chi connectivity index (χ2v) is 6.91. The van der Waals surface area contributed by atoms with Crippen molar-refractivity contribution in [2.24, 2.45) is 0 Å². The Balaban J connectivity index is 1.87. The van der Waals surface area contributed by atoms with E-state index in [-0.39, 0.29) is 6.10 Å². The number of hydrogen-bond donors (Lipinski definition) is 0. The van der Waals surface area contributed by atoms with Gasteiger partial charge in [0, 0.05) is 6.54 Å². The van der Waals surface area contributed by atoms with Gasteiger partial charge in [-0.15, -0.1) is 0 Å². The maximum absolute atomic E-state index is 12.7. The van der Waals surface area contributed by atoms with Gasteiger partial charge in [0.15, 0.2) is 0 Å². The van der Waals surface area contributed by atoms with Gasteiger partial charge in [-0.05, 0) is 24.6 Å². The minimum Gasteiger partial charge on any atom is -0.353 e. The molecule has 1 fully saturated rings. The molecule has 0 aromatic heterocycles. The molecule has 0 spiro atoms. The molecule has 0 saturated carbocycles. The fourth-order valence-electron chi connectivity index (χ4n) is 2.53. The normalized spacial score (nSPS) is 23.3. The molecular weight excluding hydrogens is 286 g/mol.